The first-order valence-corrected chi connectivity index (χ1v) is 5.03. The molecule has 0 unspecified atom stereocenters. The van der Waals surface area contributed by atoms with Crippen molar-refractivity contribution in [3.8, 4) is 0 Å². The number of hydrogen-bond acceptors (Lipinski definition) is 3. The molecular formula is C12H16ClNO2. The summed E-state index contributed by atoms with van der Waals surface area (Å²) < 4.78 is 10.4. The van der Waals surface area contributed by atoms with Gasteiger partial charge in [-0.1, -0.05) is 18.2 Å². The number of fused-ring (bicyclic) bond motifs is 1. The lowest BCUT2D eigenvalue weighted by molar-refractivity contribution is -0.106. The number of rotatable bonds is 3. The molecule has 0 radical (unpaired) electrons. The van der Waals surface area contributed by atoms with E-state index in [-0.39, 0.29) is 18.7 Å². The summed E-state index contributed by atoms with van der Waals surface area (Å²) in [4.78, 5) is 4.25. The minimum absolute atomic E-state index is 0. The van der Waals surface area contributed by atoms with Gasteiger partial charge in [-0.3, -0.25) is 4.99 Å². The fraction of sp³-hybridized carbons (Fsp3) is 0.417. The molecule has 0 fully saturated rings. The van der Waals surface area contributed by atoms with Crippen molar-refractivity contribution in [3.05, 3.63) is 34.9 Å². The van der Waals surface area contributed by atoms with Gasteiger partial charge in [-0.25, -0.2) is 0 Å². The predicted molar refractivity (Wildman–Crippen MR) is 66.6 cm³/mol. The van der Waals surface area contributed by atoms with Gasteiger partial charge < -0.3 is 9.47 Å². The van der Waals surface area contributed by atoms with Gasteiger partial charge in [-0.2, -0.15) is 0 Å². The third-order valence-corrected chi connectivity index (χ3v) is 2.61. The summed E-state index contributed by atoms with van der Waals surface area (Å²) in [6.45, 7) is 0.876. The van der Waals surface area contributed by atoms with Crippen LogP contribution in [0, 0.1) is 0 Å². The van der Waals surface area contributed by atoms with Crippen LogP contribution in [0.4, 0.5) is 0 Å². The quantitative estimate of drug-likeness (QED) is 0.761. The van der Waals surface area contributed by atoms with Crippen LogP contribution >= 0.6 is 12.4 Å². The Morgan fingerprint density at radius 1 is 1.25 bits per heavy atom. The van der Waals surface area contributed by atoms with E-state index in [0.29, 0.717) is 0 Å². The Bertz CT molecular complexity index is 375. The Balaban J connectivity index is 0.00000128. The van der Waals surface area contributed by atoms with E-state index in [2.05, 4.69) is 17.1 Å². The monoisotopic (exact) mass is 241 g/mol. The Labute approximate surface area is 102 Å². The Hall–Kier alpha value is -0.900. The minimum atomic E-state index is -0.269. The van der Waals surface area contributed by atoms with Crippen molar-refractivity contribution in [2.45, 2.75) is 12.7 Å². The maximum absolute atomic E-state index is 5.22. The number of halogens is 1. The highest BCUT2D eigenvalue weighted by atomic mass is 35.5. The third-order valence-electron chi connectivity index (χ3n) is 2.61. The highest BCUT2D eigenvalue weighted by Crippen LogP contribution is 2.21. The predicted octanol–water partition coefficient (Wildman–Crippen LogP) is 2.37. The number of nitrogens with zero attached hydrogens (tertiary/aromatic N) is 1. The van der Waals surface area contributed by atoms with Crippen LogP contribution in [0.2, 0.25) is 0 Å². The van der Waals surface area contributed by atoms with E-state index in [1.165, 1.54) is 11.1 Å². The summed E-state index contributed by atoms with van der Waals surface area (Å²) in [6.07, 6.45) is 2.66. The molecule has 1 aromatic rings. The van der Waals surface area contributed by atoms with Crippen LogP contribution in [-0.4, -0.2) is 27.0 Å². The summed E-state index contributed by atoms with van der Waals surface area (Å²) in [7, 11) is 3.30. The van der Waals surface area contributed by atoms with Crippen LogP contribution < -0.4 is 0 Å². The fourth-order valence-electron chi connectivity index (χ4n) is 1.83. The lowest BCUT2D eigenvalue weighted by Crippen LogP contribution is -2.08. The maximum atomic E-state index is 5.22. The molecule has 1 aromatic carbocycles. The molecule has 0 spiro atoms. The molecule has 0 aliphatic carbocycles. The second-order valence-corrected chi connectivity index (χ2v) is 3.55. The molecule has 4 heteroatoms. The van der Waals surface area contributed by atoms with Crippen molar-refractivity contribution in [2.24, 2.45) is 4.99 Å². The topological polar surface area (TPSA) is 30.8 Å². The molecule has 0 amide bonds. The molecule has 0 atom stereocenters. The van der Waals surface area contributed by atoms with Crippen LogP contribution in [0.1, 0.15) is 23.0 Å². The van der Waals surface area contributed by atoms with Crippen molar-refractivity contribution in [3.63, 3.8) is 0 Å². The standard InChI is InChI=1S/C12H15NO2.ClH/c1-14-12(15-2)10-3-4-11-8-13-6-5-9(11)7-10;/h3-4,7-8,12H,5-6H2,1-2H3;1H. The maximum Gasteiger partial charge on any atom is 0.183 e. The molecule has 0 bridgehead atoms. The average Bonchev–Trinajstić information content (AvgIpc) is 2.30. The minimum Gasteiger partial charge on any atom is -0.352 e. The molecule has 1 aliphatic rings. The molecule has 0 saturated heterocycles. The van der Waals surface area contributed by atoms with Gasteiger partial charge in [-0.15, -0.1) is 12.4 Å². The van der Waals surface area contributed by atoms with Crippen molar-refractivity contribution >= 4 is 18.6 Å². The first-order valence-electron chi connectivity index (χ1n) is 5.03. The van der Waals surface area contributed by atoms with Crippen LogP contribution in [0.3, 0.4) is 0 Å². The highest BCUT2D eigenvalue weighted by molar-refractivity contribution is 5.85. The van der Waals surface area contributed by atoms with Gasteiger partial charge >= 0.3 is 0 Å². The first kappa shape index (κ1) is 13.2. The lowest BCUT2D eigenvalue weighted by atomic mass is 10.00. The molecule has 0 saturated carbocycles. The zero-order valence-electron chi connectivity index (χ0n) is 9.47. The van der Waals surface area contributed by atoms with Crippen LogP contribution in [0.15, 0.2) is 23.2 Å². The number of benzene rings is 1. The van der Waals surface area contributed by atoms with Crippen molar-refractivity contribution < 1.29 is 9.47 Å². The number of hydrogen-bond donors (Lipinski definition) is 0. The molecule has 16 heavy (non-hydrogen) atoms. The van der Waals surface area contributed by atoms with Gasteiger partial charge in [0.1, 0.15) is 0 Å². The van der Waals surface area contributed by atoms with Gasteiger partial charge in [0.2, 0.25) is 0 Å². The van der Waals surface area contributed by atoms with E-state index in [1.807, 2.05) is 12.3 Å². The Morgan fingerprint density at radius 3 is 2.69 bits per heavy atom. The van der Waals surface area contributed by atoms with Gasteiger partial charge in [0.05, 0.1) is 0 Å². The normalized spacial score (nSPS) is 13.4. The number of methoxy groups -OCH3 is 2. The third kappa shape index (κ3) is 2.61. The average molecular weight is 242 g/mol. The second kappa shape index (κ2) is 5.99. The van der Waals surface area contributed by atoms with E-state index < -0.39 is 0 Å². The van der Waals surface area contributed by atoms with Crippen LogP contribution in [-0.2, 0) is 15.9 Å². The highest BCUT2D eigenvalue weighted by Gasteiger charge is 2.12. The van der Waals surface area contributed by atoms with Crippen molar-refractivity contribution in [1.82, 2.24) is 0 Å². The van der Waals surface area contributed by atoms with Crippen molar-refractivity contribution in [2.75, 3.05) is 20.8 Å². The molecule has 0 N–H and O–H groups in total. The van der Waals surface area contributed by atoms with E-state index in [9.17, 15) is 0 Å². The Morgan fingerprint density at radius 2 is 2.00 bits per heavy atom. The molecule has 2 rings (SSSR count). The SMILES string of the molecule is COC(OC)c1ccc2c(c1)CCN=C2.Cl. The van der Waals surface area contributed by atoms with Crippen LogP contribution in [0.5, 0.6) is 0 Å². The summed E-state index contributed by atoms with van der Waals surface area (Å²) in [5, 5.41) is 0. The summed E-state index contributed by atoms with van der Waals surface area (Å²) in [6, 6.07) is 6.23. The molecule has 1 aliphatic heterocycles. The second-order valence-electron chi connectivity index (χ2n) is 3.55. The van der Waals surface area contributed by atoms with E-state index in [1.54, 1.807) is 14.2 Å². The molecule has 1 heterocycles. The van der Waals surface area contributed by atoms with Gasteiger partial charge in [0.25, 0.3) is 0 Å². The van der Waals surface area contributed by atoms with Gasteiger partial charge in [-0.05, 0) is 17.5 Å². The van der Waals surface area contributed by atoms with Gasteiger partial charge in [0.15, 0.2) is 6.29 Å². The van der Waals surface area contributed by atoms with E-state index in [4.69, 9.17) is 9.47 Å². The Kier molecular flexibility index (Phi) is 4.93. The van der Waals surface area contributed by atoms with Crippen molar-refractivity contribution in [1.29, 1.82) is 0 Å². The van der Waals surface area contributed by atoms with E-state index in [0.717, 1.165) is 18.5 Å². The first-order chi connectivity index (χ1) is 7.35. The van der Waals surface area contributed by atoms with E-state index >= 15 is 0 Å². The molecule has 88 valence electrons. The number of aliphatic imine (C=N–C) groups is 1. The smallest absolute Gasteiger partial charge is 0.183 e. The number of ether oxygens (including phenoxy) is 2. The summed E-state index contributed by atoms with van der Waals surface area (Å²) >= 11 is 0. The molecule has 0 aromatic heterocycles. The fourth-order valence-corrected chi connectivity index (χ4v) is 1.83. The van der Waals surface area contributed by atoms with Crippen LogP contribution in [0.25, 0.3) is 0 Å². The van der Waals surface area contributed by atoms with Gasteiger partial charge in [0, 0.05) is 32.5 Å². The zero-order valence-corrected chi connectivity index (χ0v) is 10.3. The summed E-state index contributed by atoms with van der Waals surface area (Å²) in [5.74, 6) is 0. The summed E-state index contributed by atoms with van der Waals surface area (Å²) in [5.41, 5.74) is 3.59. The lowest BCUT2D eigenvalue weighted by Gasteiger charge is -2.17. The molecular weight excluding hydrogens is 226 g/mol. The largest absolute Gasteiger partial charge is 0.352 e. The molecule has 3 nitrogen and oxygen atoms in total. The zero-order chi connectivity index (χ0) is 10.7.